The molecule has 0 fully saturated rings. The van der Waals surface area contributed by atoms with Crippen LogP contribution in [0.2, 0.25) is 5.02 Å². The number of sulfonamides is 1. The first-order valence-electron chi connectivity index (χ1n) is 7.98. The van der Waals surface area contributed by atoms with Crippen molar-refractivity contribution in [3.05, 3.63) is 52.5 Å². The Morgan fingerprint density at radius 3 is 2.69 bits per heavy atom. The minimum atomic E-state index is -3.60. The number of carbonyl (C=O) groups is 1. The zero-order valence-corrected chi connectivity index (χ0v) is 16.2. The topological polar surface area (TPSA) is 75.7 Å². The van der Waals surface area contributed by atoms with Crippen LogP contribution in [0.4, 0.5) is 11.4 Å². The van der Waals surface area contributed by atoms with Gasteiger partial charge >= 0.3 is 0 Å². The van der Waals surface area contributed by atoms with Crippen molar-refractivity contribution in [2.24, 2.45) is 0 Å². The van der Waals surface area contributed by atoms with Crippen LogP contribution in [0.25, 0.3) is 0 Å². The van der Waals surface area contributed by atoms with Gasteiger partial charge < -0.3 is 10.1 Å². The fourth-order valence-corrected chi connectivity index (χ4v) is 3.85. The van der Waals surface area contributed by atoms with E-state index in [-0.39, 0.29) is 6.54 Å². The molecule has 0 aliphatic carbocycles. The average Bonchev–Trinajstić information content (AvgIpc) is 2.57. The zero-order chi connectivity index (χ0) is 19.1. The number of carbonyl (C=O) groups excluding carboxylic acids is 1. The highest BCUT2D eigenvalue weighted by Crippen LogP contribution is 2.37. The fourth-order valence-electron chi connectivity index (χ4n) is 2.77. The normalized spacial score (nSPS) is 16.6. The lowest BCUT2D eigenvalue weighted by Gasteiger charge is -2.34. The molecule has 1 heterocycles. The van der Waals surface area contributed by atoms with Gasteiger partial charge in [0, 0.05) is 10.7 Å². The van der Waals surface area contributed by atoms with E-state index in [9.17, 15) is 13.2 Å². The maximum atomic E-state index is 12.7. The van der Waals surface area contributed by atoms with Crippen molar-refractivity contribution < 1.29 is 17.9 Å². The van der Waals surface area contributed by atoms with E-state index in [0.29, 0.717) is 22.1 Å². The molecule has 6 nitrogen and oxygen atoms in total. The van der Waals surface area contributed by atoms with Crippen LogP contribution in [-0.2, 0) is 14.8 Å². The predicted molar refractivity (Wildman–Crippen MR) is 103 cm³/mol. The number of nitrogens with zero attached hydrogens (tertiary/aromatic N) is 1. The molecule has 1 aliphatic heterocycles. The van der Waals surface area contributed by atoms with Gasteiger partial charge in [0.05, 0.1) is 18.5 Å². The Morgan fingerprint density at radius 2 is 2.00 bits per heavy atom. The van der Waals surface area contributed by atoms with Crippen molar-refractivity contribution in [2.45, 2.75) is 20.0 Å². The molecule has 0 radical (unpaired) electrons. The number of ether oxygens (including phenoxy) is 1. The molecule has 138 valence electrons. The van der Waals surface area contributed by atoms with Gasteiger partial charge in [-0.3, -0.25) is 9.10 Å². The lowest BCUT2D eigenvalue weighted by atomic mass is 10.1. The molecular weight excluding hydrogens is 376 g/mol. The fraction of sp³-hybridized carbons (Fsp3) is 0.278. The lowest BCUT2D eigenvalue weighted by Crippen LogP contribution is -2.48. The number of rotatable bonds is 3. The van der Waals surface area contributed by atoms with E-state index >= 15 is 0 Å². The van der Waals surface area contributed by atoms with Crippen molar-refractivity contribution in [1.82, 2.24) is 0 Å². The second-order valence-electron chi connectivity index (χ2n) is 6.25. The summed E-state index contributed by atoms with van der Waals surface area (Å²) in [5.74, 6) is -0.111. The number of hydrogen-bond acceptors (Lipinski definition) is 4. The molecule has 8 heteroatoms. The maximum absolute atomic E-state index is 12.7. The van der Waals surface area contributed by atoms with E-state index in [2.05, 4.69) is 5.32 Å². The average molecular weight is 395 g/mol. The summed E-state index contributed by atoms with van der Waals surface area (Å²) in [6, 6.07) is 10.3. The molecule has 1 amide bonds. The Bertz CT molecular complexity index is 975. The minimum Gasteiger partial charge on any atom is -0.476 e. The third-order valence-corrected chi connectivity index (χ3v) is 5.73. The van der Waals surface area contributed by atoms with Crippen LogP contribution < -0.4 is 14.4 Å². The summed E-state index contributed by atoms with van der Waals surface area (Å²) in [7, 11) is -3.60. The first-order valence-corrected chi connectivity index (χ1v) is 10.2. The largest absolute Gasteiger partial charge is 0.476 e. The van der Waals surface area contributed by atoms with Crippen LogP contribution >= 0.6 is 11.6 Å². The SMILES string of the molecule is Cc1cccc(NC(=O)[C@H]2CN(S(C)(=O)=O)c3cc(Cl)ccc3O2)c1C. The van der Waals surface area contributed by atoms with Crippen LogP contribution in [0.5, 0.6) is 5.75 Å². The maximum Gasteiger partial charge on any atom is 0.267 e. The minimum absolute atomic E-state index is 0.122. The summed E-state index contributed by atoms with van der Waals surface area (Å²) in [6.07, 6.45) is 0.112. The monoisotopic (exact) mass is 394 g/mol. The van der Waals surface area contributed by atoms with Gasteiger partial charge in [0.25, 0.3) is 5.91 Å². The molecule has 0 spiro atoms. The summed E-state index contributed by atoms with van der Waals surface area (Å²) in [5.41, 5.74) is 3.00. The Labute approximate surface area is 157 Å². The molecule has 0 saturated heterocycles. The van der Waals surface area contributed by atoms with Gasteiger partial charge in [0.15, 0.2) is 6.10 Å². The molecule has 26 heavy (non-hydrogen) atoms. The summed E-state index contributed by atoms with van der Waals surface area (Å²) in [6.45, 7) is 3.74. The van der Waals surface area contributed by atoms with Crippen molar-refractivity contribution in [1.29, 1.82) is 0 Å². The van der Waals surface area contributed by atoms with Gasteiger partial charge in [-0.15, -0.1) is 0 Å². The Balaban J connectivity index is 1.91. The first kappa shape index (κ1) is 18.5. The number of amides is 1. The zero-order valence-electron chi connectivity index (χ0n) is 14.6. The number of halogens is 1. The number of nitrogens with one attached hydrogen (secondary N) is 1. The third-order valence-electron chi connectivity index (χ3n) is 4.35. The number of aryl methyl sites for hydroxylation is 1. The predicted octanol–water partition coefficient (Wildman–Crippen LogP) is 3.12. The second-order valence-corrected chi connectivity index (χ2v) is 8.59. The summed E-state index contributed by atoms with van der Waals surface area (Å²) in [4.78, 5) is 12.7. The first-order chi connectivity index (χ1) is 12.2. The standard InChI is InChI=1S/C18H19ClN2O4S/c1-11-5-4-6-14(12(11)2)20-18(22)17-10-21(26(3,23)24)15-9-13(19)7-8-16(15)25-17/h4-9,17H,10H2,1-3H3,(H,20,22)/t17-/m1/s1. The molecule has 0 bridgehead atoms. The van der Waals surface area contributed by atoms with Crippen LogP contribution in [0.3, 0.4) is 0 Å². The summed E-state index contributed by atoms with van der Waals surface area (Å²) >= 11 is 5.97. The van der Waals surface area contributed by atoms with E-state index in [1.807, 2.05) is 26.0 Å². The lowest BCUT2D eigenvalue weighted by molar-refractivity contribution is -0.122. The molecule has 1 N–H and O–H groups in total. The highest BCUT2D eigenvalue weighted by atomic mass is 35.5. The van der Waals surface area contributed by atoms with Crippen molar-refractivity contribution in [3.8, 4) is 5.75 Å². The number of hydrogen-bond donors (Lipinski definition) is 1. The van der Waals surface area contributed by atoms with Gasteiger partial charge in [-0.25, -0.2) is 8.42 Å². The Hall–Kier alpha value is -2.25. The third kappa shape index (κ3) is 3.64. The molecule has 1 atom stereocenters. The molecule has 0 saturated carbocycles. The van der Waals surface area contributed by atoms with Crippen molar-refractivity contribution in [2.75, 3.05) is 22.4 Å². The van der Waals surface area contributed by atoms with Crippen LogP contribution in [0, 0.1) is 13.8 Å². The summed E-state index contributed by atoms with van der Waals surface area (Å²) in [5, 5.41) is 3.21. The molecule has 2 aromatic rings. The van der Waals surface area contributed by atoms with E-state index < -0.39 is 22.0 Å². The van der Waals surface area contributed by atoms with Gasteiger partial charge in [-0.2, -0.15) is 0 Å². The second kappa shape index (κ2) is 6.81. The van der Waals surface area contributed by atoms with Gasteiger partial charge in [-0.1, -0.05) is 23.7 Å². The number of anilines is 2. The molecule has 1 aliphatic rings. The molecule has 0 aromatic heterocycles. The van der Waals surface area contributed by atoms with Gasteiger partial charge in [0.1, 0.15) is 5.75 Å². The molecule has 3 rings (SSSR count). The van der Waals surface area contributed by atoms with Crippen molar-refractivity contribution in [3.63, 3.8) is 0 Å². The highest BCUT2D eigenvalue weighted by Gasteiger charge is 2.35. The Kier molecular flexibility index (Phi) is 4.86. The highest BCUT2D eigenvalue weighted by molar-refractivity contribution is 7.92. The van der Waals surface area contributed by atoms with Gasteiger partial charge in [0.2, 0.25) is 10.0 Å². The van der Waals surface area contributed by atoms with Crippen LogP contribution in [0.1, 0.15) is 11.1 Å². The van der Waals surface area contributed by atoms with Crippen LogP contribution in [-0.4, -0.2) is 33.2 Å². The number of fused-ring (bicyclic) bond motifs is 1. The van der Waals surface area contributed by atoms with E-state index in [0.717, 1.165) is 21.7 Å². The number of benzene rings is 2. The molecular formula is C18H19ClN2O4S. The van der Waals surface area contributed by atoms with E-state index in [1.54, 1.807) is 18.2 Å². The van der Waals surface area contributed by atoms with E-state index in [4.69, 9.17) is 16.3 Å². The van der Waals surface area contributed by atoms with Crippen molar-refractivity contribution >= 4 is 38.9 Å². The quantitative estimate of drug-likeness (QED) is 0.867. The summed E-state index contributed by atoms with van der Waals surface area (Å²) < 4.78 is 31.2. The van der Waals surface area contributed by atoms with Gasteiger partial charge in [-0.05, 0) is 49.2 Å². The Morgan fingerprint density at radius 1 is 1.27 bits per heavy atom. The smallest absolute Gasteiger partial charge is 0.267 e. The molecule has 2 aromatic carbocycles. The van der Waals surface area contributed by atoms with Crippen LogP contribution in [0.15, 0.2) is 36.4 Å². The molecule has 0 unspecified atom stereocenters. The van der Waals surface area contributed by atoms with E-state index in [1.165, 1.54) is 6.07 Å².